The second kappa shape index (κ2) is 4.24. The third kappa shape index (κ3) is 2.05. The van der Waals surface area contributed by atoms with Crippen molar-refractivity contribution < 1.29 is 4.79 Å². The summed E-state index contributed by atoms with van der Waals surface area (Å²) in [5.41, 5.74) is 2.42. The van der Waals surface area contributed by atoms with Gasteiger partial charge in [-0.25, -0.2) is 4.98 Å². The van der Waals surface area contributed by atoms with Crippen LogP contribution in [0.4, 0.5) is 0 Å². The molecule has 0 amide bonds. The maximum Gasteiger partial charge on any atom is 0.150 e. The van der Waals surface area contributed by atoms with Crippen LogP contribution in [-0.4, -0.2) is 11.3 Å². The molecule has 0 spiro atoms. The van der Waals surface area contributed by atoms with E-state index in [1.54, 1.807) is 18.3 Å². The molecule has 2 rings (SSSR count). The molecule has 0 unspecified atom stereocenters. The standard InChI is InChI=1S/C12H8ClNO/c13-12-6-5-9(7-14-12)11-4-2-1-3-10(11)8-15/h1-8H. The van der Waals surface area contributed by atoms with Crippen LogP contribution >= 0.6 is 11.6 Å². The fourth-order valence-electron chi connectivity index (χ4n) is 1.40. The summed E-state index contributed by atoms with van der Waals surface area (Å²) in [7, 11) is 0. The molecule has 0 fully saturated rings. The van der Waals surface area contributed by atoms with Gasteiger partial charge >= 0.3 is 0 Å². The SMILES string of the molecule is O=Cc1ccccc1-c1ccc(Cl)nc1. The van der Waals surface area contributed by atoms with Crippen LogP contribution in [-0.2, 0) is 0 Å². The lowest BCUT2D eigenvalue weighted by atomic mass is 10.0. The molecule has 2 nitrogen and oxygen atoms in total. The molecule has 0 N–H and O–H groups in total. The van der Waals surface area contributed by atoms with Gasteiger partial charge < -0.3 is 0 Å². The van der Waals surface area contributed by atoms with Crippen LogP contribution in [0.1, 0.15) is 10.4 Å². The highest BCUT2D eigenvalue weighted by molar-refractivity contribution is 6.29. The zero-order valence-electron chi connectivity index (χ0n) is 7.85. The number of hydrogen-bond donors (Lipinski definition) is 0. The van der Waals surface area contributed by atoms with E-state index >= 15 is 0 Å². The molecule has 1 heterocycles. The fraction of sp³-hybridized carbons (Fsp3) is 0. The highest BCUT2D eigenvalue weighted by Crippen LogP contribution is 2.22. The van der Waals surface area contributed by atoms with Crippen LogP contribution in [0.3, 0.4) is 0 Å². The maximum atomic E-state index is 10.8. The minimum Gasteiger partial charge on any atom is -0.298 e. The van der Waals surface area contributed by atoms with Gasteiger partial charge in [0.15, 0.2) is 6.29 Å². The fourth-order valence-corrected chi connectivity index (χ4v) is 1.51. The first-order valence-corrected chi connectivity index (χ1v) is 4.85. The molecule has 0 bridgehead atoms. The normalized spacial score (nSPS) is 9.93. The van der Waals surface area contributed by atoms with Crippen LogP contribution in [0.25, 0.3) is 11.1 Å². The van der Waals surface area contributed by atoms with Crippen LogP contribution in [0.2, 0.25) is 5.15 Å². The molecule has 15 heavy (non-hydrogen) atoms. The smallest absolute Gasteiger partial charge is 0.150 e. The summed E-state index contributed by atoms with van der Waals surface area (Å²) >= 11 is 5.69. The van der Waals surface area contributed by atoms with E-state index < -0.39 is 0 Å². The van der Waals surface area contributed by atoms with Gasteiger partial charge in [-0.3, -0.25) is 4.79 Å². The Morgan fingerprint density at radius 1 is 1.13 bits per heavy atom. The second-order valence-corrected chi connectivity index (χ2v) is 3.46. The molecule has 0 atom stereocenters. The second-order valence-electron chi connectivity index (χ2n) is 3.07. The molecule has 0 aliphatic heterocycles. The highest BCUT2D eigenvalue weighted by Gasteiger charge is 2.03. The molecular weight excluding hydrogens is 210 g/mol. The number of carbonyl (C=O) groups is 1. The van der Waals surface area contributed by atoms with Crippen molar-refractivity contribution in [1.29, 1.82) is 0 Å². The van der Waals surface area contributed by atoms with Crippen molar-refractivity contribution in [3.05, 3.63) is 53.3 Å². The Morgan fingerprint density at radius 2 is 1.93 bits per heavy atom. The number of nitrogens with zero attached hydrogens (tertiary/aromatic N) is 1. The predicted molar refractivity (Wildman–Crippen MR) is 60.1 cm³/mol. The molecular formula is C12H8ClNO. The molecule has 3 heteroatoms. The van der Waals surface area contributed by atoms with Crippen molar-refractivity contribution in [3.63, 3.8) is 0 Å². The minimum absolute atomic E-state index is 0.447. The van der Waals surface area contributed by atoms with Crippen molar-refractivity contribution in [2.45, 2.75) is 0 Å². The van der Waals surface area contributed by atoms with Crippen LogP contribution in [0.15, 0.2) is 42.6 Å². The minimum atomic E-state index is 0.447. The van der Waals surface area contributed by atoms with E-state index in [2.05, 4.69) is 4.98 Å². The lowest BCUT2D eigenvalue weighted by Crippen LogP contribution is -1.87. The predicted octanol–water partition coefficient (Wildman–Crippen LogP) is 3.21. The largest absolute Gasteiger partial charge is 0.298 e. The number of halogens is 1. The molecule has 2 aromatic rings. The Bertz CT molecular complexity index is 479. The average Bonchev–Trinajstić information content (AvgIpc) is 2.30. The van der Waals surface area contributed by atoms with E-state index in [4.69, 9.17) is 11.6 Å². The van der Waals surface area contributed by atoms with Gasteiger partial charge in [0.2, 0.25) is 0 Å². The summed E-state index contributed by atoms with van der Waals surface area (Å²) in [6, 6.07) is 10.9. The molecule has 1 aromatic carbocycles. The van der Waals surface area contributed by atoms with E-state index in [1.165, 1.54) is 0 Å². The van der Waals surface area contributed by atoms with Gasteiger partial charge in [0.1, 0.15) is 5.15 Å². The average molecular weight is 218 g/mol. The van der Waals surface area contributed by atoms with E-state index in [1.807, 2.05) is 24.3 Å². The summed E-state index contributed by atoms with van der Waals surface area (Å²) in [5, 5.41) is 0.447. The molecule has 74 valence electrons. The van der Waals surface area contributed by atoms with Crippen LogP contribution in [0, 0.1) is 0 Å². The Hall–Kier alpha value is -1.67. The lowest BCUT2D eigenvalue weighted by Gasteiger charge is -2.03. The Morgan fingerprint density at radius 3 is 2.60 bits per heavy atom. The first kappa shape index (κ1) is 9.87. The number of hydrogen-bond acceptors (Lipinski definition) is 2. The quantitative estimate of drug-likeness (QED) is 0.571. The van der Waals surface area contributed by atoms with Crippen molar-refractivity contribution >= 4 is 17.9 Å². The Kier molecular flexibility index (Phi) is 2.79. The molecule has 0 aliphatic rings. The van der Waals surface area contributed by atoms with Crippen molar-refractivity contribution in [1.82, 2.24) is 4.98 Å². The summed E-state index contributed by atoms with van der Waals surface area (Å²) in [6.45, 7) is 0. The molecule has 0 aliphatic carbocycles. The van der Waals surface area contributed by atoms with E-state index in [9.17, 15) is 4.79 Å². The Labute approximate surface area is 92.5 Å². The van der Waals surface area contributed by atoms with Gasteiger partial charge in [-0.2, -0.15) is 0 Å². The molecule has 0 saturated carbocycles. The van der Waals surface area contributed by atoms with Crippen molar-refractivity contribution in [2.24, 2.45) is 0 Å². The van der Waals surface area contributed by atoms with Crippen molar-refractivity contribution in [3.8, 4) is 11.1 Å². The number of pyridine rings is 1. The van der Waals surface area contributed by atoms with E-state index in [-0.39, 0.29) is 0 Å². The van der Waals surface area contributed by atoms with Gasteiger partial charge in [-0.15, -0.1) is 0 Å². The number of rotatable bonds is 2. The summed E-state index contributed by atoms with van der Waals surface area (Å²) in [4.78, 5) is 14.8. The molecule has 1 aromatic heterocycles. The summed E-state index contributed by atoms with van der Waals surface area (Å²) in [5.74, 6) is 0. The first-order valence-electron chi connectivity index (χ1n) is 4.47. The third-order valence-corrected chi connectivity index (χ3v) is 2.35. The number of aromatic nitrogens is 1. The van der Waals surface area contributed by atoms with Crippen LogP contribution in [0.5, 0.6) is 0 Å². The van der Waals surface area contributed by atoms with E-state index in [0.717, 1.165) is 17.4 Å². The van der Waals surface area contributed by atoms with Crippen molar-refractivity contribution in [2.75, 3.05) is 0 Å². The summed E-state index contributed by atoms with van der Waals surface area (Å²) in [6.07, 6.45) is 2.49. The van der Waals surface area contributed by atoms with Gasteiger partial charge in [0, 0.05) is 17.3 Å². The molecule has 0 saturated heterocycles. The van der Waals surface area contributed by atoms with Gasteiger partial charge in [-0.05, 0) is 17.7 Å². The zero-order valence-corrected chi connectivity index (χ0v) is 8.61. The zero-order chi connectivity index (χ0) is 10.7. The summed E-state index contributed by atoms with van der Waals surface area (Å²) < 4.78 is 0. The lowest BCUT2D eigenvalue weighted by molar-refractivity contribution is 0.112. The third-order valence-electron chi connectivity index (χ3n) is 2.13. The van der Waals surface area contributed by atoms with Gasteiger partial charge in [-0.1, -0.05) is 35.9 Å². The number of aldehydes is 1. The maximum absolute atomic E-state index is 10.8. The topological polar surface area (TPSA) is 30.0 Å². The first-order chi connectivity index (χ1) is 7.31. The van der Waals surface area contributed by atoms with E-state index in [0.29, 0.717) is 10.7 Å². The van der Waals surface area contributed by atoms with Crippen LogP contribution < -0.4 is 0 Å². The number of benzene rings is 1. The molecule has 0 radical (unpaired) electrons. The highest BCUT2D eigenvalue weighted by atomic mass is 35.5. The number of carbonyl (C=O) groups excluding carboxylic acids is 1. The monoisotopic (exact) mass is 217 g/mol. The van der Waals surface area contributed by atoms with Gasteiger partial charge in [0.05, 0.1) is 0 Å². The van der Waals surface area contributed by atoms with Gasteiger partial charge in [0.25, 0.3) is 0 Å². The Balaban J connectivity index is 2.53.